The van der Waals surface area contributed by atoms with Crippen LogP contribution in [0, 0.1) is 5.92 Å². The Balaban J connectivity index is 2.29. The Labute approximate surface area is 81.3 Å². The second-order valence-electron chi connectivity index (χ2n) is 3.08. The molecule has 0 saturated heterocycles. The molecular formula is C9H11N3O2. The highest BCUT2D eigenvalue weighted by Gasteiger charge is 2.23. The average molecular weight is 193 g/mol. The van der Waals surface area contributed by atoms with Gasteiger partial charge >= 0.3 is 0 Å². The molecule has 14 heavy (non-hydrogen) atoms. The zero-order chi connectivity index (χ0) is 9.97. The average Bonchev–Trinajstić information content (AvgIpc) is 2.65. The fraction of sp³-hybridized carbons (Fsp3) is 0.333. The van der Waals surface area contributed by atoms with Crippen LogP contribution in [-0.2, 0) is 0 Å². The van der Waals surface area contributed by atoms with Gasteiger partial charge < -0.3 is 14.9 Å². The van der Waals surface area contributed by atoms with E-state index in [0.29, 0.717) is 0 Å². The van der Waals surface area contributed by atoms with Crippen LogP contribution in [0.25, 0.3) is 5.70 Å². The monoisotopic (exact) mass is 193 g/mol. The summed E-state index contributed by atoms with van der Waals surface area (Å²) in [7, 11) is 0. The molecule has 5 nitrogen and oxygen atoms in total. The van der Waals surface area contributed by atoms with Crippen molar-refractivity contribution in [3.05, 3.63) is 24.7 Å². The molecule has 5 heteroatoms. The topological polar surface area (TPSA) is 65.0 Å². The van der Waals surface area contributed by atoms with Crippen molar-refractivity contribution in [1.29, 1.82) is 0 Å². The highest BCUT2D eigenvalue weighted by Crippen LogP contribution is 2.18. The minimum atomic E-state index is -0.435. The smallest absolute Gasteiger partial charge is 0.238 e. The number of aromatic nitrogens is 2. The number of nitrogens with zero attached hydrogens (tertiary/aromatic N) is 2. The first-order valence-corrected chi connectivity index (χ1v) is 4.50. The van der Waals surface area contributed by atoms with Crippen molar-refractivity contribution in [2.24, 2.45) is 5.92 Å². The molecular weight excluding hydrogens is 182 g/mol. The van der Waals surface area contributed by atoms with Crippen LogP contribution < -0.4 is 15.1 Å². The summed E-state index contributed by atoms with van der Waals surface area (Å²) in [6.07, 6.45) is 8.00. The third-order valence-corrected chi connectivity index (χ3v) is 2.19. The molecule has 0 amide bonds. The number of nitrogens with one attached hydrogen (secondary N) is 1. The molecule has 1 atom stereocenters. The van der Waals surface area contributed by atoms with Gasteiger partial charge in [-0.15, -0.1) is 0 Å². The Bertz CT molecular complexity index is 381. The van der Waals surface area contributed by atoms with Crippen molar-refractivity contribution in [2.45, 2.75) is 13.3 Å². The maximum atomic E-state index is 10.8. The Morgan fingerprint density at radius 1 is 1.71 bits per heavy atom. The van der Waals surface area contributed by atoms with Crippen LogP contribution >= 0.6 is 0 Å². The van der Waals surface area contributed by atoms with Crippen LogP contribution in [0.5, 0.6) is 5.95 Å². The third-order valence-electron chi connectivity index (χ3n) is 2.19. The van der Waals surface area contributed by atoms with E-state index < -0.39 is 5.95 Å². The second kappa shape index (κ2) is 3.53. The van der Waals surface area contributed by atoms with E-state index in [1.807, 2.05) is 18.5 Å². The van der Waals surface area contributed by atoms with Crippen LogP contribution in [0.3, 0.4) is 0 Å². The fourth-order valence-electron chi connectivity index (χ4n) is 1.44. The molecule has 1 N–H and O–H groups in total. The van der Waals surface area contributed by atoms with E-state index in [1.54, 1.807) is 0 Å². The van der Waals surface area contributed by atoms with Crippen LogP contribution in [0.15, 0.2) is 29.2 Å². The van der Waals surface area contributed by atoms with Crippen molar-refractivity contribution in [2.75, 3.05) is 0 Å². The Kier molecular flexibility index (Phi) is 2.22. The van der Waals surface area contributed by atoms with Gasteiger partial charge in [0, 0.05) is 0 Å². The SMILES string of the molecule is CCC1C=CNC=C1[n+]1cc([O-])on1. The molecule has 1 unspecified atom stereocenters. The first-order valence-electron chi connectivity index (χ1n) is 4.50. The van der Waals surface area contributed by atoms with Gasteiger partial charge in [-0.05, 0) is 17.3 Å². The number of dihydropyridines is 1. The molecule has 1 aliphatic heterocycles. The Hall–Kier alpha value is -1.78. The molecule has 2 heterocycles. The lowest BCUT2D eigenvalue weighted by Gasteiger charge is -2.10. The van der Waals surface area contributed by atoms with Crippen LogP contribution in [0.1, 0.15) is 13.3 Å². The number of rotatable bonds is 2. The van der Waals surface area contributed by atoms with Gasteiger partial charge in [0.25, 0.3) is 0 Å². The first kappa shape index (κ1) is 8.80. The van der Waals surface area contributed by atoms with E-state index in [-0.39, 0.29) is 5.92 Å². The summed E-state index contributed by atoms with van der Waals surface area (Å²) >= 11 is 0. The van der Waals surface area contributed by atoms with Crippen molar-refractivity contribution < 1.29 is 14.3 Å². The van der Waals surface area contributed by atoms with Gasteiger partial charge in [-0.25, -0.2) is 0 Å². The molecule has 0 spiro atoms. The molecule has 0 saturated carbocycles. The highest BCUT2D eigenvalue weighted by atomic mass is 16.6. The zero-order valence-electron chi connectivity index (χ0n) is 7.80. The van der Waals surface area contributed by atoms with Crippen LogP contribution in [0.2, 0.25) is 0 Å². The van der Waals surface area contributed by atoms with Gasteiger partial charge in [-0.1, -0.05) is 13.0 Å². The molecule has 1 aliphatic rings. The lowest BCUT2D eigenvalue weighted by Crippen LogP contribution is -2.38. The normalized spacial score (nSPS) is 20.4. The van der Waals surface area contributed by atoms with Gasteiger partial charge in [0.05, 0.1) is 17.4 Å². The number of allylic oxidation sites excluding steroid dienone is 2. The molecule has 1 aromatic heterocycles. The van der Waals surface area contributed by atoms with Crippen LogP contribution in [0.4, 0.5) is 0 Å². The number of hydrogen-bond acceptors (Lipinski definition) is 4. The van der Waals surface area contributed by atoms with Crippen molar-refractivity contribution in [1.82, 2.24) is 10.6 Å². The van der Waals surface area contributed by atoms with E-state index in [0.717, 1.165) is 12.1 Å². The Morgan fingerprint density at radius 2 is 2.57 bits per heavy atom. The first-order chi connectivity index (χ1) is 6.81. The zero-order valence-corrected chi connectivity index (χ0v) is 7.80. The molecule has 1 aromatic rings. The van der Waals surface area contributed by atoms with Gasteiger partial charge in [-0.2, -0.15) is 0 Å². The van der Waals surface area contributed by atoms with Crippen molar-refractivity contribution >= 4 is 5.70 Å². The molecule has 2 rings (SSSR count). The summed E-state index contributed by atoms with van der Waals surface area (Å²) in [6, 6.07) is 0. The molecule has 0 aliphatic carbocycles. The second-order valence-corrected chi connectivity index (χ2v) is 3.08. The van der Waals surface area contributed by atoms with Crippen molar-refractivity contribution in [3.63, 3.8) is 0 Å². The predicted octanol–water partition coefficient (Wildman–Crippen LogP) is -0.0228. The Morgan fingerprint density at radius 3 is 3.21 bits per heavy atom. The lowest BCUT2D eigenvalue weighted by atomic mass is 10.0. The quantitative estimate of drug-likeness (QED) is 0.670. The summed E-state index contributed by atoms with van der Waals surface area (Å²) in [5, 5.41) is 17.4. The summed E-state index contributed by atoms with van der Waals surface area (Å²) in [4.78, 5) is 0. The molecule has 0 radical (unpaired) electrons. The predicted molar refractivity (Wildman–Crippen MR) is 46.5 cm³/mol. The third kappa shape index (κ3) is 1.48. The summed E-state index contributed by atoms with van der Waals surface area (Å²) in [6.45, 7) is 2.08. The van der Waals surface area contributed by atoms with E-state index >= 15 is 0 Å². The van der Waals surface area contributed by atoms with E-state index in [9.17, 15) is 5.11 Å². The summed E-state index contributed by atoms with van der Waals surface area (Å²) in [5.41, 5.74) is 0.917. The minimum Gasteiger partial charge on any atom is -0.539 e. The largest absolute Gasteiger partial charge is 0.539 e. The van der Waals surface area contributed by atoms with E-state index in [2.05, 4.69) is 22.0 Å². The van der Waals surface area contributed by atoms with Gasteiger partial charge in [0.15, 0.2) is 0 Å². The fourth-order valence-corrected chi connectivity index (χ4v) is 1.44. The lowest BCUT2D eigenvalue weighted by molar-refractivity contribution is -0.661. The molecule has 74 valence electrons. The van der Waals surface area contributed by atoms with Gasteiger partial charge in [0.1, 0.15) is 5.95 Å². The minimum absolute atomic E-state index is 0.269. The standard InChI is InChI=1S/C9H11N3O2/c1-2-7-3-4-10-5-8(7)12-6-9(13)14-11-12/h3-7H,2H2,1H3,(H-,10,11,13). The maximum Gasteiger partial charge on any atom is 0.238 e. The van der Waals surface area contributed by atoms with E-state index in [4.69, 9.17) is 0 Å². The van der Waals surface area contributed by atoms with Crippen LogP contribution in [-0.4, -0.2) is 5.27 Å². The molecule has 0 bridgehead atoms. The summed E-state index contributed by atoms with van der Waals surface area (Å²) < 4.78 is 5.94. The van der Waals surface area contributed by atoms with Gasteiger partial charge in [-0.3, -0.25) is 0 Å². The maximum absolute atomic E-state index is 10.8. The molecule has 0 fully saturated rings. The highest BCUT2D eigenvalue weighted by molar-refractivity contribution is 5.41. The van der Waals surface area contributed by atoms with E-state index in [1.165, 1.54) is 10.9 Å². The number of hydrogen-bond donors (Lipinski definition) is 1. The molecule has 0 aromatic carbocycles. The summed E-state index contributed by atoms with van der Waals surface area (Å²) in [5.74, 6) is -0.166. The van der Waals surface area contributed by atoms with Crippen molar-refractivity contribution in [3.8, 4) is 5.95 Å². The van der Waals surface area contributed by atoms with Gasteiger partial charge in [0.2, 0.25) is 11.9 Å².